The van der Waals surface area contributed by atoms with Crippen molar-refractivity contribution in [2.24, 2.45) is 7.05 Å². The number of aromatic nitrogens is 5. The molecule has 0 spiro atoms. The number of nitrogens with one attached hydrogen (secondary N) is 1. The molecule has 29 heavy (non-hydrogen) atoms. The Labute approximate surface area is 165 Å². The number of hydrogen-bond donors (Lipinski definition) is 1. The van der Waals surface area contributed by atoms with Crippen LogP contribution in [0.2, 0.25) is 0 Å². The SMILES string of the molecule is Cn1ccc(-c2cn(-c3ccc4c(c3)CN(C3CCC(=O)NC3=O)C4=O)nn2)n1. The highest BCUT2D eigenvalue weighted by atomic mass is 16.2. The average Bonchev–Trinajstić information content (AvgIpc) is 3.41. The lowest BCUT2D eigenvalue weighted by Crippen LogP contribution is -2.52. The molecular formula is C19H17N7O3. The van der Waals surface area contributed by atoms with E-state index in [-0.39, 0.29) is 18.2 Å². The van der Waals surface area contributed by atoms with Crippen LogP contribution in [0.3, 0.4) is 0 Å². The zero-order chi connectivity index (χ0) is 20.1. The summed E-state index contributed by atoms with van der Waals surface area (Å²) in [5.74, 6) is -0.916. The third kappa shape index (κ3) is 2.89. The average molecular weight is 391 g/mol. The predicted octanol–water partition coefficient (Wildman–Crippen LogP) is 0.429. The summed E-state index contributed by atoms with van der Waals surface area (Å²) in [7, 11) is 1.83. The first-order chi connectivity index (χ1) is 14.0. The van der Waals surface area contributed by atoms with Crippen LogP contribution in [0.5, 0.6) is 0 Å². The fraction of sp³-hybridized carbons (Fsp3) is 0.263. The third-order valence-electron chi connectivity index (χ3n) is 5.24. The Morgan fingerprint density at radius 2 is 2.00 bits per heavy atom. The summed E-state index contributed by atoms with van der Waals surface area (Å²) in [6, 6.07) is 6.63. The maximum atomic E-state index is 12.8. The molecule has 1 unspecified atom stereocenters. The van der Waals surface area contributed by atoms with Gasteiger partial charge in [0, 0.05) is 31.8 Å². The molecule has 2 aliphatic rings. The van der Waals surface area contributed by atoms with Gasteiger partial charge in [0.15, 0.2) is 0 Å². The summed E-state index contributed by atoms with van der Waals surface area (Å²) in [5.41, 5.74) is 3.50. The fourth-order valence-corrected chi connectivity index (χ4v) is 3.76. The molecular weight excluding hydrogens is 374 g/mol. The highest BCUT2D eigenvalue weighted by Crippen LogP contribution is 2.29. The van der Waals surface area contributed by atoms with Crippen molar-refractivity contribution >= 4 is 17.7 Å². The van der Waals surface area contributed by atoms with Crippen LogP contribution >= 0.6 is 0 Å². The molecule has 1 aromatic carbocycles. The molecule has 10 nitrogen and oxygen atoms in total. The topological polar surface area (TPSA) is 115 Å². The van der Waals surface area contributed by atoms with Crippen molar-refractivity contribution in [1.29, 1.82) is 0 Å². The smallest absolute Gasteiger partial charge is 0.255 e. The maximum Gasteiger partial charge on any atom is 0.255 e. The van der Waals surface area contributed by atoms with Gasteiger partial charge in [0.1, 0.15) is 17.4 Å². The van der Waals surface area contributed by atoms with Crippen LogP contribution in [-0.4, -0.2) is 53.4 Å². The summed E-state index contributed by atoms with van der Waals surface area (Å²) < 4.78 is 3.32. The largest absolute Gasteiger partial charge is 0.322 e. The Balaban J connectivity index is 1.41. The maximum absolute atomic E-state index is 12.8. The number of benzene rings is 1. The van der Waals surface area contributed by atoms with Gasteiger partial charge in [-0.25, -0.2) is 4.68 Å². The summed E-state index contributed by atoms with van der Waals surface area (Å²) in [5, 5.41) is 15.0. The van der Waals surface area contributed by atoms with E-state index in [0.29, 0.717) is 24.2 Å². The van der Waals surface area contributed by atoms with E-state index in [1.807, 2.05) is 25.4 Å². The lowest BCUT2D eigenvalue weighted by molar-refractivity contribution is -0.136. The first-order valence-electron chi connectivity index (χ1n) is 9.20. The number of nitrogens with zero attached hydrogens (tertiary/aromatic N) is 6. The monoisotopic (exact) mass is 391 g/mol. The van der Waals surface area contributed by atoms with Crippen molar-refractivity contribution in [3.8, 4) is 17.1 Å². The van der Waals surface area contributed by atoms with Gasteiger partial charge in [-0.1, -0.05) is 5.21 Å². The molecule has 4 heterocycles. The van der Waals surface area contributed by atoms with Gasteiger partial charge >= 0.3 is 0 Å². The lowest BCUT2D eigenvalue weighted by Gasteiger charge is -2.29. The number of rotatable bonds is 3. The number of carbonyl (C=O) groups is 3. The molecule has 0 bridgehead atoms. The van der Waals surface area contributed by atoms with Crippen LogP contribution < -0.4 is 5.32 Å². The highest BCUT2D eigenvalue weighted by molar-refractivity contribution is 6.05. The minimum absolute atomic E-state index is 0.200. The number of fused-ring (bicyclic) bond motifs is 1. The van der Waals surface area contributed by atoms with Gasteiger partial charge < -0.3 is 4.90 Å². The van der Waals surface area contributed by atoms with E-state index >= 15 is 0 Å². The van der Waals surface area contributed by atoms with Crippen molar-refractivity contribution in [3.63, 3.8) is 0 Å². The molecule has 10 heteroatoms. The lowest BCUT2D eigenvalue weighted by atomic mass is 10.0. The molecule has 146 valence electrons. The minimum atomic E-state index is -0.627. The number of carbonyl (C=O) groups excluding carboxylic acids is 3. The van der Waals surface area contributed by atoms with Crippen molar-refractivity contribution in [1.82, 2.24) is 35.0 Å². The summed E-state index contributed by atoms with van der Waals surface area (Å²) in [4.78, 5) is 37.8. The first kappa shape index (κ1) is 17.3. The van der Waals surface area contributed by atoms with Gasteiger partial charge in [-0.15, -0.1) is 5.10 Å². The van der Waals surface area contributed by atoms with Gasteiger partial charge in [-0.05, 0) is 36.2 Å². The molecule has 1 N–H and O–H groups in total. The summed E-state index contributed by atoms with van der Waals surface area (Å²) in [6.07, 6.45) is 4.18. The molecule has 2 aromatic heterocycles. The Hall–Kier alpha value is -3.82. The number of piperidine rings is 1. The molecule has 1 fully saturated rings. The Morgan fingerprint density at radius 1 is 1.14 bits per heavy atom. The van der Waals surface area contributed by atoms with Gasteiger partial charge in [0.2, 0.25) is 11.8 Å². The summed E-state index contributed by atoms with van der Waals surface area (Å²) in [6.45, 7) is 0.316. The third-order valence-corrected chi connectivity index (χ3v) is 5.24. The van der Waals surface area contributed by atoms with Gasteiger partial charge in [-0.3, -0.25) is 24.4 Å². The number of amides is 3. The van der Waals surface area contributed by atoms with Crippen LogP contribution in [0.25, 0.3) is 17.1 Å². The Morgan fingerprint density at radius 3 is 2.76 bits per heavy atom. The Kier molecular flexibility index (Phi) is 3.79. The predicted molar refractivity (Wildman–Crippen MR) is 99.6 cm³/mol. The van der Waals surface area contributed by atoms with Crippen LogP contribution in [-0.2, 0) is 23.2 Å². The number of hydrogen-bond acceptors (Lipinski definition) is 6. The van der Waals surface area contributed by atoms with Crippen molar-refractivity contribution in [2.75, 3.05) is 0 Å². The molecule has 0 saturated carbocycles. The normalized spacial score (nSPS) is 18.9. The van der Waals surface area contributed by atoms with E-state index in [1.54, 1.807) is 27.7 Å². The number of aryl methyl sites for hydroxylation is 1. The zero-order valence-electron chi connectivity index (χ0n) is 15.6. The van der Waals surface area contributed by atoms with Crippen molar-refractivity contribution < 1.29 is 14.4 Å². The summed E-state index contributed by atoms with van der Waals surface area (Å²) >= 11 is 0. The highest BCUT2D eigenvalue weighted by Gasteiger charge is 2.39. The van der Waals surface area contributed by atoms with E-state index < -0.39 is 11.9 Å². The second kappa shape index (κ2) is 6.36. The van der Waals surface area contributed by atoms with Crippen molar-refractivity contribution in [2.45, 2.75) is 25.4 Å². The first-order valence-corrected chi connectivity index (χ1v) is 9.20. The fourth-order valence-electron chi connectivity index (χ4n) is 3.76. The minimum Gasteiger partial charge on any atom is -0.322 e. The van der Waals surface area contributed by atoms with E-state index in [1.165, 1.54) is 4.90 Å². The molecule has 0 aliphatic carbocycles. The molecule has 1 saturated heterocycles. The van der Waals surface area contributed by atoms with E-state index in [0.717, 1.165) is 16.9 Å². The molecule has 5 rings (SSSR count). The van der Waals surface area contributed by atoms with Crippen LogP contribution in [0.1, 0.15) is 28.8 Å². The van der Waals surface area contributed by atoms with Crippen LogP contribution in [0.4, 0.5) is 0 Å². The van der Waals surface area contributed by atoms with Crippen molar-refractivity contribution in [3.05, 3.63) is 47.8 Å². The molecule has 3 amide bonds. The van der Waals surface area contributed by atoms with Gasteiger partial charge in [0.25, 0.3) is 5.91 Å². The standard InChI is InChI=1S/C19H17N7O3/c1-24-7-6-14(22-24)15-10-26(23-21-15)12-2-3-13-11(8-12)9-25(19(13)29)16-4-5-17(27)20-18(16)28/h2-3,6-8,10,16H,4-5,9H2,1H3,(H,20,27,28). The second-order valence-electron chi connectivity index (χ2n) is 7.16. The molecule has 1 atom stereocenters. The number of imide groups is 1. The zero-order valence-corrected chi connectivity index (χ0v) is 15.6. The molecule has 2 aliphatic heterocycles. The van der Waals surface area contributed by atoms with E-state index in [2.05, 4.69) is 20.7 Å². The molecule has 0 radical (unpaired) electrons. The van der Waals surface area contributed by atoms with E-state index in [4.69, 9.17) is 0 Å². The van der Waals surface area contributed by atoms with Gasteiger partial charge in [0.05, 0.1) is 11.9 Å². The van der Waals surface area contributed by atoms with Gasteiger partial charge in [-0.2, -0.15) is 5.10 Å². The second-order valence-corrected chi connectivity index (χ2v) is 7.16. The molecule has 3 aromatic rings. The van der Waals surface area contributed by atoms with Crippen LogP contribution in [0, 0.1) is 0 Å². The van der Waals surface area contributed by atoms with E-state index in [9.17, 15) is 14.4 Å². The van der Waals surface area contributed by atoms with Crippen LogP contribution in [0.15, 0.2) is 36.7 Å². The quantitative estimate of drug-likeness (QED) is 0.648. The Bertz CT molecular complexity index is 1160.